The van der Waals surface area contributed by atoms with Gasteiger partial charge in [-0.2, -0.15) is 13.2 Å². The van der Waals surface area contributed by atoms with Gasteiger partial charge < -0.3 is 14.1 Å². The minimum atomic E-state index is -4.47. The number of fused-ring (bicyclic) bond motifs is 2. The predicted octanol–water partition coefficient (Wildman–Crippen LogP) is 6.47. The third-order valence-corrected chi connectivity index (χ3v) is 5.84. The van der Waals surface area contributed by atoms with Crippen LogP contribution in [-0.4, -0.2) is 6.73 Å². The van der Waals surface area contributed by atoms with Crippen LogP contribution in [0.3, 0.4) is 0 Å². The highest BCUT2D eigenvalue weighted by atomic mass is 35.5. The molecule has 0 atom stereocenters. The number of nitrogens with zero attached hydrogens (tertiary/aromatic N) is 1. The lowest BCUT2D eigenvalue weighted by atomic mass is 9.98. The molecule has 0 N–H and O–H groups in total. The second-order valence-corrected chi connectivity index (χ2v) is 8.10. The van der Waals surface area contributed by atoms with E-state index in [9.17, 15) is 18.0 Å². The Kier molecular flexibility index (Phi) is 5.64. The first-order valence-electron chi connectivity index (χ1n) is 10.0. The molecule has 1 aromatic heterocycles. The van der Waals surface area contributed by atoms with Crippen molar-refractivity contribution in [1.82, 2.24) is 0 Å². The van der Waals surface area contributed by atoms with Crippen molar-refractivity contribution >= 4 is 28.3 Å². The summed E-state index contributed by atoms with van der Waals surface area (Å²) in [6.45, 7) is 4.24. The number of rotatable bonds is 4. The Morgan fingerprint density at radius 3 is 2.68 bits per heavy atom. The molecule has 0 amide bonds. The van der Waals surface area contributed by atoms with Crippen LogP contribution in [0.1, 0.15) is 42.0 Å². The van der Waals surface area contributed by atoms with Gasteiger partial charge in [-0.1, -0.05) is 24.9 Å². The fourth-order valence-corrected chi connectivity index (χ4v) is 4.18. The van der Waals surface area contributed by atoms with Crippen LogP contribution in [0.25, 0.3) is 11.0 Å². The van der Waals surface area contributed by atoms with E-state index >= 15 is 0 Å². The summed E-state index contributed by atoms with van der Waals surface area (Å²) in [5.41, 5.74) is 1.97. The van der Waals surface area contributed by atoms with Crippen LogP contribution < -0.4 is 15.3 Å². The molecule has 0 fully saturated rings. The van der Waals surface area contributed by atoms with Crippen LogP contribution in [0, 0.1) is 6.92 Å². The summed E-state index contributed by atoms with van der Waals surface area (Å²) in [7, 11) is 0. The smallest absolute Gasteiger partial charge is 0.416 e. The SMILES string of the molecule is CCCCc1cc(=O)oc2c(C)c3c(cc12)CN(c1cc(C(F)(F)F)ccc1Cl)CO3. The van der Waals surface area contributed by atoms with Crippen LogP contribution >= 0.6 is 11.6 Å². The van der Waals surface area contributed by atoms with Gasteiger partial charge >= 0.3 is 11.8 Å². The number of ether oxygens (including phenoxy) is 1. The summed E-state index contributed by atoms with van der Waals surface area (Å²) in [5.74, 6) is 0.586. The minimum Gasteiger partial charge on any atom is -0.472 e. The molecule has 2 heterocycles. The molecular weight excluding hydrogens is 431 g/mol. The van der Waals surface area contributed by atoms with E-state index in [1.807, 2.05) is 13.0 Å². The molecule has 4 rings (SSSR count). The third kappa shape index (κ3) is 4.11. The molecule has 31 heavy (non-hydrogen) atoms. The highest BCUT2D eigenvalue weighted by Gasteiger charge is 2.32. The number of benzene rings is 2. The van der Waals surface area contributed by atoms with E-state index in [1.54, 1.807) is 4.90 Å². The average Bonchev–Trinajstić information content (AvgIpc) is 2.72. The lowest BCUT2D eigenvalue weighted by Gasteiger charge is -2.33. The molecule has 0 radical (unpaired) electrons. The number of halogens is 4. The second kappa shape index (κ2) is 8.11. The summed E-state index contributed by atoms with van der Waals surface area (Å²) in [6.07, 6.45) is -1.82. The quantitative estimate of drug-likeness (QED) is 0.426. The number of anilines is 1. The van der Waals surface area contributed by atoms with E-state index in [4.69, 9.17) is 20.8 Å². The molecule has 1 aliphatic heterocycles. The van der Waals surface area contributed by atoms with Crippen molar-refractivity contribution in [3.05, 3.63) is 68.0 Å². The van der Waals surface area contributed by atoms with Crippen LogP contribution in [0.5, 0.6) is 5.75 Å². The summed E-state index contributed by atoms with van der Waals surface area (Å²) in [5, 5.41) is 1.04. The molecule has 0 bridgehead atoms. The van der Waals surface area contributed by atoms with Crippen LogP contribution in [0.2, 0.25) is 5.02 Å². The molecular formula is C23H21ClF3NO3. The molecule has 8 heteroatoms. The second-order valence-electron chi connectivity index (χ2n) is 7.70. The molecule has 0 unspecified atom stereocenters. The van der Waals surface area contributed by atoms with Crippen molar-refractivity contribution in [2.45, 2.75) is 45.8 Å². The van der Waals surface area contributed by atoms with Crippen LogP contribution in [0.4, 0.5) is 18.9 Å². The third-order valence-electron chi connectivity index (χ3n) is 5.52. The zero-order chi connectivity index (χ0) is 22.3. The van der Waals surface area contributed by atoms with Gasteiger partial charge in [0.05, 0.1) is 16.3 Å². The van der Waals surface area contributed by atoms with Crippen LogP contribution in [0.15, 0.2) is 39.5 Å². The Hall–Kier alpha value is -2.67. The standard InChI is InChI=1S/C23H21ClF3NO3/c1-3-4-5-14-9-20(29)31-22-13(2)21-15(8-17(14)22)11-28(12-30-21)19-10-16(23(25,26)27)6-7-18(19)24/h6-10H,3-5,11-12H2,1-2H3. The zero-order valence-corrected chi connectivity index (χ0v) is 17.9. The van der Waals surface area contributed by atoms with E-state index in [2.05, 4.69) is 6.92 Å². The van der Waals surface area contributed by atoms with Gasteiger partial charge in [0.15, 0.2) is 6.73 Å². The summed E-state index contributed by atoms with van der Waals surface area (Å²) in [6, 6.07) is 6.66. The van der Waals surface area contributed by atoms with Crippen molar-refractivity contribution in [1.29, 1.82) is 0 Å². The molecule has 0 saturated heterocycles. The van der Waals surface area contributed by atoms with E-state index in [1.165, 1.54) is 12.1 Å². The van der Waals surface area contributed by atoms with Gasteiger partial charge in [0.1, 0.15) is 11.3 Å². The van der Waals surface area contributed by atoms with Gasteiger partial charge in [-0.3, -0.25) is 0 Å². The van der Waals surface area contributed by atoms with Gasteiger partial charge in [-0.05, 0) is 49.6 Å². The number of hydrogen-bond acceptors (Lipinski definition) is 4. The summed E-state index contributed by atoms with van der Waals surface area (Å²) < 4.78 is 50.9. The van der Waals surface area contributed by atoms with Crippen LogP contribution in [-0.2, 0) is 19.1 Å². The number of unbranched alkanes of at least 4 members (excludes halogenated alkanes) is 1. The molecule has 4 nitrogen and oxygen atoms in total. The molecule has 0 aliphatic carbocycles. The minimum absolute atomic E-state index is 0.0279. The average molecular weight is 452 g/mol. The molecule has 0 spiro atoms. The fourth-order valence-electron chi connectivity index (χ4n) is 3.94. The number of alkyl halides is 3. The van der Waals surface area contributed by atoms with Gasteiger partial charge in [-0.15, -0.1) is 0 Å². The first-order chi connectivity index (χ1) is 14.7. The molecule has 3 aromatic rings. The Labute approximate surface area is 182 Å². The molecule has 2 aromatic carbocycles. The lowest BCUT2D eigenvalue weighted by Crippen LogP contribution is -2.32. The van der Waals surface area contributed by atoms with Gasteiger partial charge in [0.2, 0.25) is 0 Å². The van der Waals surface area contributed by atoms with E-state index in [-0.39, 0.29) is 17.4 Å². The Morgan fingerprint density at radius 1 is 1.19 bits per heavy atom. The molecule has 1 aliphatic rings. The largest absolute Gasteiger partial charge is 0.472 e. The van der Waals surface area contributed by atoms with E-state index in [0.29, 0.717) is 23.4 Å². The normalized spacial score (nSPS) is 13.9. The van der Waals surface area contributed by atoms with Crippen molar-refractivity contribution < 1.29 is 22.3 Å². The highest BCUT2D eigenvalue weighted by molar-refractivity contribution is 6.33. The first kappa shape index (κ1) is 21.6. The molecule has 0 saturated carbocycles. The topological polar surface area (TPSA) is 42.7 Å². The maximum atomic E-state index is 13.2. The van der Waals surface area contributed by atoms with E-state index in [0.717, 1.165) is 47.9 Å². The van der Waals surface area contributed by atoms with Crippen molar-refractivity contribution in [3.8, 4) is 5.75 Å². The summed E-state index contributed by atoms with van der Waals surface area (Å²) >= 11 is 6.22. The highest BCUT2D eigenvalue weighted by Crippen LogP contribution is 2.40. The maximum Gasteiger partial charge on any atom is 0.416 e. The Balaban J connectivity index is 1.78. The fraction of sp³-hybridized carbons (Fsp3) is 0.348. The van der Waals surface area contributed by atoms with Crippen molar-refractivity contribution in [3.63, 3.8) is 0 Å². The zero-order valence-electron chi connectivity index (χ0n) is 17.1. The van der Waals surface area contributed by atoms with Gasteiger partial charge in [0, 0.05) is 29.1 Å². The summed E-state index contributed by atoms with van der Waals surface area (Å²) in [4.78, 5) is 13.7. The Bertz CT molecular complexity index is 1200. The predicted molar refractivity (Wildman–Crippen MR) is 114 cm³/mol. The van der Waals surface area contributed by atoms with Crippen molar-refractivity contribution in [2.75, 3.05) is 11.6 Å². The van der Waals surface area contributed by atoms with Crippen molar-refractivity contribution in [2.24, 2.45) is 0 Å². The monoisotopic (exact) mass is 451 g/mol. The first-order valence-corrected chi connectivity index (χ1v) is 10.4. The van der Waals surface area contributed by atoms with E-state index < -0.39 is 17.4 Å². The maximum absolute atomic E-state index is 13.2. The lowest BCUT2D eigenvalue weighted by molar-refractivity contribution is -0.137. The van der Waals surface area contributed by atoms with Gasteiger partial charge in [-0.25, -0.2) is 4.79 Å². The Morgan fingerprint density at radius 2 is 1.97 bits per heavy atom. The number of aryl methyl sites for hydroxylation is 2. The van der Waals surface area contributed by atoms with Gasteiger partial charge in [0.25, 0.3) is 0 Å². The molecule has 164 valence electrons. The number of hydrogen-bond donors (Lipinski definition) is 0.